The average molecular weight is 250 g/mol. The van der Waals surface area contributed by atoms with Gasteiger partial charge in [-0.1, -0.05) is 57.2 Å². The van der Waals surface area contributed by atoms with Gasteiger partial charge in [0.1, 0.15) is 11.9 Å². The molecule has 1 rings (SSSR count). The van der Waals surface area contributed by atoms with Gasteiger partial charge in [0, 0.05) is 0 Å². The molecule has 0 bridgehead atoms. The summed E-state index contributed by atoms with van der Waals surface area (Å²) in [7, 11) is 0. The first-order chi connectivity index (χ1) is 8.86. The lowest BCUT2D eigenvalue weighted by atomic mass is 10.1. The fourth-order valence-electron chi connectivity index (χ4n) is 2.03. The summed E-state index contributed by atoms with van der Waals surface area (Å²) in [5.74, 6) is 0.850. The van der Waals surface area contributed by atoms with E-state index in [1.54, 1.807) is 0 Å². The molecule has 0 fully saturated rings. The first-order valence-electron chi connectivity index (χ1n) is 7.19. The smallest absolute Gasteiger partial charge is 0.122 e. The molecular weight excluding hydrogens is 224 g/mol. The number of para-hydroxylation sites is 1. The maximum absolute atomic E-state index is 9.30. The van der Waals surface area contributed by atoms with Crippen molar-refractivity contribution in [2.45, 2.75) is 58.0 Å². The van der Waals surface area contributed by atoms with E-state index in [2.05, 4.69) is 6.92 Å². The predicted octanol–water partition coefficient (Wildman–Crippen LogP) is 4.18. The summed E-state index contributed by atoms with van der Waals surface area (Å²) < 4.78 is 5.74. The van der Waals surface area contributed by atoms with E-state index in [0.29, 0.717) is 0 Å². The number of benzene rings is 1. The Morgan fingerprint density at radius 3 is 2.33 bits per heavy atom. The van der Waals surface area contributed by atoms with Gasteiger partial charge in [-0.15, -0.1) is 0 Å². The number of hydrogen-bond acceptors (Lipinski definition) is 2. The molecule has 0 saturated carbocycles. The van der Waals surface area contributed by atoms with E-state index in [1.165, 1.54) is 32.1 Å². The summed E-state index contributed by atoms with van der Waals surface area (Å²) >= 11 is 0. The quantitative estimate of drug-likeness (QED) is 0.631. The van der Waals surface area contributed by atoms with Crippen LogP contribution in [0.1, 0.15) is 51.9 Å². The zero-order chi connectivity index (χ0) is 13.1. The standard InChI is InChI=1S/C16H26O2/c1-2-3-4-5-6-8-13-16(14-17)18-15-11-9-7-10-12-15/h7,9-12,16-17H,2-6,8,13-14H2,1H3. The Bertz CT molecular complexity index is 284. The normalized spacial score (nSPS) is 12.3. The van der Waals surface area contributed by atoms with Crippen LogP contribution in [0.3, 0.4) is 0 Å². The second-order valence-corrected chi connectivity index (χ2v) is 4.79. The van der Waals surface area contributed by atoms with Gasteiger partial charge in [-0.25, -0.2) is 0 Å². The third-order valence-corrected chi connectivity index (χ3v) is 3.13. The first-order valence-corrected chi connectivity index (χ1v) is 7.19. The Balaban J connectivity index is 2.14. The highest BCUT2D eigenvalue weighted by molar-refractivity contribution is 5.21. The summed E-state index contributed by atoms with van der Waals surface area (Å²) in [5, 5.41) is 9.30. The van der Waals surface area contributed by atoms with Crippen LogP contribution >= 0.6 is 0 Å². The molecular formula is C16H26O2. The van der Waals surface area contributed by atoms with E-state index in [-0.39, 0.29) is 12.7 Å². The molecule has 0 aliphatic carbocycles. The molecule has 2 nitrogen and oxygen atoms in total. The van der Waals surface area contributed by atoms with Crippen LogP contribution < -0.4 is 4.74 Å². The van der Waals surface area contributed by atoms with E-state index in [4.69, 9.17) is 4.74 Å². The minimum atomic E-state index is -0.0569. The van der Waals surface area contributed by atoms with Gasteiger partial charge in [0.05, 0.1) is 6.61 Å². The van der Waals surface area contributed by atoms with Crippen molar-refractivity contribution in [2.75, 3.05) is 6.61 Å². The summed E-state index contributed by atoms with van der Waals surface area (Å²) in [4.78, 5) is 0. The average Bonchev–Trinajstić information content (AvgIpc) is 2.42. The fraction of sp³-hybridized carbons (Fsp3) is 0.625. The van der Waals surface area contributed by atoms with Crippen LogP contribution in [0.4, 0.5) is 0 Å². The van der Waals surface area contributed by atoms with Crippen LogP contribution in [-0.4, -0.2) is 17.8 Å². The summed E-state index contributed by atoms with van der Waals surface area (Å²) in [6.07, 6.45) is 8.53. The molecule has 1 atom stereocenters. The predicted molar refractivity (Wildman–Crippen MR) is 75.9 cm³/mol. The SMILES string of the molecule is CCCCCCCCC(CO)Oc1ccccc1. The highest BCUT2D eigenvalue weighted by atomic mass is 16.5. The first kappa shape index (κ1) is 15.0. The number of rotatable bonds is 10. The summed E-state index contributed by atoms with van der Waals surface area (Å²) in [6.45, 7) is 2.33. The van der Waals surface area contributed by atoms with Gasteiger partial charge < -0.3 is 9.84 Å². The third kappa shape index (κ3) is 6.65. The Morgan fingerprint density at radius 1 is 1.00 bits per heavy atom. The molecule has 0 spiro atoms. The number of aliphatic hydroxyl groups excluding tert-OH is 1. The fourth-order valence-corrected chi connectivity index (χ4v) is 2.03. The lowest BCUT2D eigenvalue weighted by Crippen LogP contribution is -2.20. The molecule has 1 N–H and O–H groups in total. The summed E-state index contributed by atoms with van der Waals surface area (Å²) in [6, 6.07) is 9.74. The molecule has 0 aliphatic rings. The third-order valence-electron chi connectivity index (χ3n) is 3.13. The maximum atomic E-state index is 9.30. The van der Waals surface area contributed by atoms with Crippen molar-refractivity contribution in [2.24, 2.45) is 0 Å². The van der Waals surface area contributed by atoms with Gasteiger partial charge in [0.25, 0.3) is 0 Å². The molecule has 18 heavy (non-hydrogen) atoms. The number of ether oxygens (including phenoxy) is 1. The second-order valence-electron chi connectivity index (χ2n) is 4.79. The second kappa shape index (κ2) is 9.95. The van der Waals surface area contributed by atoms with Gasteiger partial charge in [-0.3, -0.25) is 0 Å². The van der Waals surface area contributed by atoms with Gasteiger partial charge in [-0.2, -0.15) is 0 Å². The van der Waals surface area contributed by atoms with Crippen LogP contribution in [0.5, 0.6) is 5.75 Å². The van der Waals surface area contributed by atoms with Gasteiger partial charge >= 0.3 is 0 Å². The van der Waals surface area contributed by atoms with Crippen molar-refractivity contribution in [3.8, 4) is 5.75 Å². The van der Waals surface area contributed by atoms with Crippen molar-refractivity contribution in [3.05, 3.63) is 30.3 Å². The molecule has 0 saturated heterocycles. The van der Waals surface area contributed by atoms with Gasteiger partial charge in [-0.05, 0) is 25.0 Å². The minimum Gasteiger partial charge on any atom is -0.488 e. The molecule has 2 heteroatoms. The Kier molecular flexibility index (Phi) is 8.32. The van der Waals surface area contributed by atoms with Crippen molar-refractivity contribution in [1.82, 2.24) is 0 Å². The highest BCUT2D eigenvalue weighted by Gasteiger charge is 2.08. The zero-order valence-electron chi connectivity index (χ0n) is 11.5. The van der Waals surface area contributed by atoms with Crippen molar-refractivity contribution in [1.29, 1.82) is 0 Å². The monoisotopic (exact) mass is 250 g/mol. The molecule has 1 aromatic carbocycles. The van der Waals surface area contributed by atoms with Crippen molar-refractivity contribution in [3.63, 3.8) is 0 Å². The lowest BCUT2D eigenvalue weighted by Gasteiger charge is -2.16. The largest absolute Gasteiger partial charge is 0.488 e. The molecule has 1 aromatic rings. The molecule has 1 unspecified atom stereocenters. The van der Waals surface area contributed by atoms with Crippen LogP contribution in [0.25, 0.3) is 0 Å². The van der Waals surface area contributed by atoms with Gasteiger partial charge in [0.2, 0.25) is 0 Å². The Labute approximate surface area is 111 Å². The zero-order valence-corrected chi connectivity index (χ0v) is 11.5. The van der Waals surface area contributed by atoms with Crippen LogP contribution in [0.2, 0.25) is 0 Å². The van der Waals surface area contributed by atoms with Crippen LogP contribution in [-0.2, 0) is 0 Å². The van der Waals surface area contributed by atoms with Crippen LogP contribution in [0, 0.1) is 0 Å². The molecule has 0 aromatic heterocycles. The van der Waals surface area contributed by atoms with Gasteiger partial charge in [0.15, 0.2) is 0 Å². The highest BCUT2D eigenvalue weighted by Crippen LogP contribution is 2.15. The Hall–Kier alpha value is -1.02. The Morgan fingerprint density at radius 2 is 1.67 bits per heavy atom. The van der Waals surface area contributed by atoms with E-state index in [9.17, 15) is 5.11 Å². The number of aliphatic hydroxyl groups is 1. The van der Waals surface area contributed by atoms with Crippen LogP contribution in [0.15, 0.2) is 30.3 Å². The number of unbranched alkanes of at least 4 members (excludes halogenated alkanes) is 5. The summed E-state index contributed by atoms with van der Waals surface area (Å²) in [5.41, 5.74) is 0. The van der Waals surface area contributed by atoms with E-state index in [1.807, 2.05) is 30.3 Å². The number of hydrogen-bond donors (Lipinski definition) is 1. The lowest BCUT2D eigenvalue weighted by molar-refractivity contribution is 0.106. The van der Waals surface area contributed by atoms with Crippen molar-refractivity contribution < 1.29 is 9.84 Å². The molecule has 102 valence electrons. The van der Waals surface area contributed by atoms with E-state index in [0.717, 1.165) is 18.6 Å². The molecule has 0 amide bonds. The van der Waals surface area contributed by atoms with E-state index >= 15 is 0 Å². The minimum absolute atomic E-state index is 0.0569. The molecule has 0 radical (unpaired) electrons. The molecule has 0 heterocycles. The van der Waals surface area contributed by atoms with E-state index < -0.39 is 0 Å². The molecule has 0 aliphatic heterocycles. The maximum Gasteiger partial charge on any atom is 0.122 e. The topological polar surface area (TPSA) is 29.5 Å². The van der Waals surface area contributed by atoms with Crippen molar-refractivity contribution >= 4 is 0 Å².